The molecule has 0 aliphatic heterocycles. The van der Waals surface area contributed by atoms with Gasteiger partial charge in [-0.15, -0.1) is 0 Å². The molecule has 0 saturated heterocycles. The minimum absolute atomic E-state index is 0.242. The quantitative estimate of drug-likeness (QED) is 0.559. The number of rotatable bonds is 4. The molecule has 0 radical (unpaired) electrons. The molecule has 0 atom stereocenters. The molecule has 0 aliphatic carbocycles. The van der Waals surface area contributed by atoms with Crippen molar-refractivity contribution in [1.29, 1.82) is 0 Å². The van der Waals surface area contributed by atoms with Crippen molar-refractivity contribution >= 4 is 9.84 Å². The Labute approximate surface area is 161 Å². The zero-order valence-corrected chi connectivity index (χ0v) is 15.7. The van der Waals surface area contributed by atoms with Crippen LogP contribution in [0.25, 0.3) is 33.9 Å². The van der Waals surface area contributed by atoms with Crippen LogP contribution in [0.2, 0.25) is 0 Å². The van der Waals surface area contributed by atoms with Gasteiger partial charge in [-0.2, -0.15) is 0 Å². The van der Waals surface area contributed by atoms with Gasteiger partial charge in [-0.25, -0.2) is 17.8 Å². The number of H-pyrrole nitrogens is 1. The number of hydrogen-bond donors (Lipinski definition) is 1. The summed E-state index contributed by atoms with van der Waals surface area (Å²) in [6.07, 6.45) is 4.55. The molecule has 0 saturated carbocycles. The van der Waals surface area contributed by atoms with Crippen molar-refractivity contribution in [3.05, 3.63) is 78.9 Å². The Morgan fingerprint density at radius 1 is 0.893 bits per heavy atom. The molecule has 28 heavy (non-hydrogen) atoms. The molecule has 2 heterocycles. The van der Waals surface area contributed by atoms with E-state index >= 15 is 0 Å². The van der Waals surface area contributed by atoms with Crippen LogP contribution in [0.5, 0.6) is 0 Å². The van der Waals surface area contributed by atoms with Gasteiger partial charge in [-0.05, 0) is 48.5 Å². The average Bonchev–Trinajstić information content (AvgIpc) is 3.14. The molecule has 7 heteroatoms. The van der Waals surface area contributed by atoms with Crippen molar-refractivity contribution in [3.8, 4) is 33.9 Å². The van der Waals surface area contributed by atoms with Gasteiger partial charge in [0.1, 0.15) is 11.6 Å². The molecule has 0 amide bonds. The lowest BCUT2D eigenvalue weighted by Crippen LogP contribution is -1.96. The third kappa shape index (κ3) is 3.57. The molecule has 0 fully saturated rings. The van der Waals surface area contributed by atoms with Crippen molar-refractivity contribution in [3.63, 3.8) is 0 Å². The van der Waals surface area contributed by atoms with E-state index in [-0.39, 0.29) is 10.7 Å². The SMILES string of the molecule is CS(=O)(=O)c1ccc(-c2[nH]c(-c3cccnc3)nc2-c2ccc(F)cc2)cc1. The smallest absolute Gasteiger partial charge is 0.175 e. The zero-order valence-electron chi connectivity index (χ0n) is 14.9. The molecule has 0 bridgehead atoms. The van der Waals surface area contributed by atoms with E-state index in [0.29, 0.717) is 17.2 Å². The fraction of sp³-hybridized carbons (Fsp3) is 0.0476. The monoisotopic (exact) mass is 393 g/mol. The van der Waals surface area contributed by atoms with Crippen LogP contribution in [0.3, 0.4) is 0 Å². The summed E-state index contributed by atoms with van der Waals surface area (Å²) in [6.45, 7) is 0. The Morgan fingerprint density at radius 2 is 1.57 bits per heavy atom. The van der Waals surface area contributed by atoms with Crippen LogP contribution < -0.4 is 0 Å². The van der Waals surface area contributed by atoms with Gasteiger partial charge in [-0.1, -0.05) is 12.1 Å². The van der Waals surface area contributed by atoms with Crippen LogP contribution >= 0.6 is 0 Å². The summed E-state index contributed by atoms with van der Waals surface area (Å²) in [5.41, 5.74) is 3.69. The number of aromatic amines is 1. The van der Waals surface area contributed by atoms with Crippen molar-refractivity contribution in [2.24, 2.45) is 0 Å². The first-order valence-electron chi connectivity index (χ1n) is 8.49. The van der Waals surface area contributed by atoms with E-state index in [9.17, 15) is 12.8 Å². The lowest BCUT2D eigenvalue weighted by Gasteiger charge is -2.05. The van der Waals surface area contributed by atoms with Crippen molar-refractivity contribution in [1.82, 2.24) is 15.0 Å². The first-order valence-corrected chi connectivity index (χ1v) is 10.4. The summed E-state index contributed by atoms with van der Waals surface area (Å²) < 4.78 is 36.8. The molecule has 4 aromatic rings. The largest absolute Gasteiger partial charge is 0.337 e. The third-order valence-electron chi connectivity index (χ3n) is 4.33. The molecule has 2 aromatic heterocycles. The van der Waals surface area contributed by atoms with E-state index in [1.54, 1.807) is 48.8 Å². The molecular formula is C21H16FN3O2S. The van der Waals surface area contributed by atoms with E-state index in [1.165, 1.54) is 18.4 Å². The minimum atomic E-state index is -3.28. The maximum Gasteiger partial charge on any atom is 0.175 e. The molecule has 0 unspecified atom stereocenters. The van der Waals surface area contributed by atoms with Crippen LogP contribution in [0.1, 0.15) is 0 Å². The Kier molecular flexibility index (Phi) is 4.52. The third-order valence-corrected chi connectivity index (χ3v) is 5.46. The van der Waals surface area contributed by atoms with Gasteiger partial charge >= 0.3 is 0 Å². The van der Waals surface area contributed by atoms with Gasteiger partial charge in [0, 0.05) is 35.3 Å². The molecule has 5 nitrogen and oxygen atoms in total. The number of aromatic nitrogens is 3. The fourth-order valence-corrected chi connectivity index (χ4v) is 3.54. The summed E-state index contributed by atoms with van der Waals surface area (Å²) in [6, 6.07) is 16.3. The summed E-state index contributed by atoms with van der Waals surface area (Å²) in [5.74, 6) is 0.292. The minimum Gasteiger partial charge on any atom is -0.337 e. The summed E-state index contributed by atoms with van der Waals surface area (Å²) in [4.78, 5) is 12.3. The molecule has 4 rings (SSSR count). The summed E-state index contributed by atoms with van der Waals surface area (Å²) in [7, 11) is -3.28. The predicted molar refractivity (Wildman–Crippen MR) is 106 cm³/mol. The number of hydrogen-bond acceptors (Lipinski definition) is 4. The Balaban J connectivity index is 1.87. The number of halogens is 1. The van der Waals surface area contributed by atoms with Crippen LogP contribution in [0.4, 0.5) is 4.39 Å². The number of pyridine rings is 1. The van der Waals surface area contributed by atoms with E-state index in [2.05, 4.69) is 9.97 Å². The first-order chi connectivity index (χ1) is 13.4. The lowest BCUT2D eigenvalue weighted by molar-refractivity contribution is 0.602. The second-order valence-corrected chi connectivity index (χ2v) is 8.37. The molecule has 2 aromatic carbocycles. The number of imidazole rings is 1. The average molecular weight is 393 g/mol. The van der Waals surface area contributed by atoms with E-state index in [1.807, 2.05) is 12.1 Å². The normalized spacial score (nSPS) is 11.5. The standard InChI is InChI=1S/C21H16FN3O2S/c1-28(26,27)18-10-6-15(7-11-18)20-19(14-4-8-17(22)9-5-14)24-21(25-20)16-3-2-12-23-13-16/h2-13H,1H3,(H,24,25). The molecule has 1 N–H and O–H groups in total. The fourth-order valence-electron chi connectivity index (χ4n) is 2.91. The molecule has 140 valence electrons. The Morgan fingerprint density at radius 3 is 2.18 bits per heavy atom. The molecule has 0 aliphatic rings. The van der Waals surface area contributed by atoms with Gasteiger partial charge in [0.15, 0.2) is 9.84 Å². The second-order valence-electron chi connectivity index (χ2n) is 6.35. The maximum absolute atomic E-state index is 13.4. The number of sulfone groups is 1. The Bertz CT molecular complexity index is 1220. The zero-order chi connectivity index (χ0) is 19.7. The summed E-state index contributed by atoms with van der Waals surface area (Å²) in [5, 5.41) is 0. The summed E-state index contributed by atoms with van der Waals surface area (Å²) >= 11 is 0. The number of nitrogens with zero attached hydrogens (tertiary/aromatic N) is 2. The predicted octanol–water partition coefficient (Wildman–Crippen LogP) is 4.35. The maximum atomic E-state index is 13.4. The number of nitrogens with one attached hydrogen (secondary N) is 1. The van der Waals surface area contributed by atoms with Crippen LogP contribution in [-0.4, -0.2) is 29.6 Å². The topological polar surface area (TPSA) is 75.7 Å². The van der Waals surface area contributed by atoms with Gasteiger partial charge in [-0.3, -0.25) is 4.98 Å². The highest BCUT2D eigenvalue weighted by atomic mass is 32.2. The highest BCUT2D eigenvalue weighted by molar-refractivity contribution is 7.90. The van der Waals surface area contributed by atoms with E-state index in [0.717, 1.165) is 16.7 Å². The highest BCUT2D eigenvalue weighted by Crippen LogP contribution is 2.33. The van der Waals surface area contributed by atoms with Crippen LogP contribution in [0.15, 0.2) is 78.0 Å². The van der Waals surface area contributed by atoms with Crippen LogP contribution in [-0.2, 0) is 9.84 Å². The highest BCUT2D eigenvalue weighted by Gasteiger charge is 2.16. The first kappa shape index (κ1) is 18.1. The van der Waals surface area contributed by atoms with Gasteiger partial charge in [0.05, 0.1) is 16.3 Å². The van der Waals surface area contributed by atoms with E-state index < -0.39 is 9.84 Å². The van der Waals surface area contributed by atoms with Crippen molar-refractivity contribution < 1.29 is 12.8 Å². The second kappa shape index (κ2) is 7.01. The molecular weight excluding hydrogens is 377 g/mol. The molecule has 0 spiro atoms. The van der Waals surface area contributed by atoms with Crippen LogP contribution in [0, 0.1) is 5.82 Å². The van der Waals surface area contributed by atoms with Gasteiger partial charge < -0.3 is 4.98 Å². The Hall–Kier alpha value is -3.32. The lowest BCUT2D eigenvalue weighted by atomic mass is 10.1. The van der Waals surface area contributed by atoms with Crippen molar-refractivity contribution in [2.75, 3.05) is 6.26 Å². The van der Waals surface area contributed by atoms with E-state index in [4.69, 9.17) is 4.98 Å². The van der Waals surface area contributed by atoms with Crippen molar-refractivity contribution in [2.45, 2.75) is 4.90 Å². The number of benzene rings is 2. The van der Waals surface area contributed by atoms with Gasteiger partial charge in [0.2, 0.25) is 0 Å². The van der Waals surface area contributed by atoms with Gasteiger partial charge in [0.25, 0.3) is 0 Å².